The van der Waals surface area contributed by atoms with E-state index in [0.717, 1.165) is 5.56 Å². The number of aromatic amines is 1. The van der Waals surface area contributed by atoms with Crippen molar-refractivity contribution in [2.24, 2.45) is 0 Å². The Morgan fingerprint density at radius 3 is 3.00 bits per heavy atom. The lowest BCUT2D eigenvalue weighted by Crippen LogP contribution is -1.93. The lowest BCUT2D eigenvalue weighted by atomic mass is 10.1. The molecule has 2 aromatic heterocycles. The molecule has 0 fully saturated rings. The average molecular weight is 178 g/mol. The molecule has 0 saturated heterocycles. The second-order valence-electron chi connectivity index (χ2n) is 3.28. The van der Waals surface area contributed by atoms with Gasteiger partial charge in [0, 0.05) is 6.20 Å². The molecule has 0 aliphatic carbocycles. The molecule has 68 valence electrons. The molecule has 2 rings (SSSR count). The maximum Gasteiger partial charge on any atom is 0.418 e. The van der Waals surface area contributed by atoms with E-state index in [9.17, 15) is 4.79 Å². The van der Waals surface area contributed by atoms with E-state index in [0.29, 0.717) is 17.1 Å². The van der Waals surface area contributed by atoms with Crippen molar-refractivity contribution in [2.45, 2.75) is 19.8 Å². The molecule has 1 N–H and O–H groups in total. The van der Waals surface area contributed by atoms with Crippen LogP contribution in [-0.4, -0.2) is 9.97 Å². The maximum atomic E-state index is 10.8. The van der Waals surface area contributed by atoms with Crippen molar-refractivity contribution < 1.29 is 4.42 Å². The average Bonchev–Trinajstić information content (AvgIpc) is 2.42. The van der Waals surface area contributed by atoms with Crippen molar-refractivity contribution in [1.82, 2.24) is 9.97 Å². The Kier molecular flexibility index (Phi) is 1.69. The molecule has 4 nitrogen and oxygen atoms in total. The molecule has 0 aromatic carbocycles. The van der Waals surface area contributed by atoms with Gasteiger partial charge < -0.3 is 4.42 Å². The topological polar surface area (TPSA) is 58.9 Å². The van der Waals surface area contributed by atoms with Gasteiger partial charge in [0.2, 0.25) is 0 Å². The highest BCUT2D eigenvalue weighted by Gasteiger charge is 2.05. The van der Waals surface area contributed by atoms with Gasteiger partial charge in [0.25, 0.3) is 0 Å². The lowest BCUT2D eigenvalue weighted by Gasteiger charge is -2.01. The van der Waals surface area contributed by atoms with Crippen LogP contribution in [0.1, 0.15) is 25.3 Å². The highest BCUT2D eigenvalue weighted by atomic mass is 16.4. The normalized spacial score (nSPS) is 11.3. The number of H-pyrrole nitrogens is 1. The number of nitrogens with zero attached hydrogens (tertiary/aromatic N) is 1. The summed E-state index contributed by atoms with van der Waals surface area (Å²) in [4.78, 5) is 17.4. The number of pyridine rings is 1. The molecule has 0 spiro atoms. The van der Waals surface area contributed by atoms with Gasteiger partial charge in [0.15, 0.2) is 11.2 Å². The van der Waals surface area contributed by atoms with E-state index in [1.54, 1.807) is 6.20 Å². The summed E-state index contributed by atoms with van der Waals surface area (Å²) in [5.41, 5.74) is 2.10. The standard InChI is InChI=1S/C9H10N2O2/c1-5(2)6-3-7-8(10-4-6)11-9(12)13-7/h3-5H,1-2H3,(H,10,11,12). The van der Waals surface area contributed by atoms with Crippen LogP contribution in [0.2, 0.25) is 0 Å². The number of rotatable bonds is 1. The molecule has 0 aliphatic heterocycles. The van der Waals surface area contributed by atoms with Crippen molar-refractivity contribution in [3.8, 4) is 0 Å². The number of fused-ring (bicyclic) bond motifs is 1. The fourth-order valence-corrected chi connectivity index (χ4v) is 1.17. The zero-order chi connectivity index (χ0) is 9.42. The molecule has 0 bridgehead atoms. The fraction of sp³-hybridized carbons (Fsp3) is 0.333. The largest absolute Gasteiger partial charge is 0.418 e. The van der Waals surface area contributed by atoms with E-state index >= 15 is 0 Å². The monoisotopic (exact) mass is 178 g/mol. The van der Waals surface area contributed by atoms with Crippen LogP contribution in [0.5, 0.6) is 0 Å². The molecule has 0 aliphatic rings. The molecule has 0 unspecified atom stereocenters. The van der Waals surface area contributed by atoms with Crippen molar-refractivity contribution in [3.05, 3.63) is 28.4 Å². The highest BCUT2D eigenvalue weighted by molar-refractivity contribution is 5.67. The van der Waals surface area contributed by atoms with E-state index in [1.165, 1.54) is 0 Å². The zero-order valence-electron chi connectivity index (χ0n) is 7.50. The van der Waals surface area contributed by atoms with E-state index in [1.807, 2.05) is 6.07 Å². The summed E-state index contributed by atoms with van der Waals surface area (Å²) in [7, 11) is 0. The number of hydrogen-bond donors (Lipinski definition) is 1. The Morgan fingerprint density at radius 1 is 1.54 bits per heavy atom. The predicted molar refractivity (Wildman–Crippen MR) is 48.7 cm³/mol. The second-order valence-corrected chi connectivity index (χ2v) is 3.28. The van der Waals surface area contributed by atoms with E-state index < -0.39 is 5.76 Å². The summed E-state index contributed by atoms with van der Waals surface area (Å²) in [6, 6.07) is 1.84. The molecule has 2 aromatic rings. The summed E-state index contributed by atoms with van der Waals surface area (Å²) in [6.45, 7) is 4.13. The van der Waals surface area contributed by atoms with E-state index in [2.05, 4.69) is 23.8 Å². The number of nitrogens with one attached hydrogen (secondary N) is 1. The summed E-state index contributed by atoms with van der Waals surface area (Å²) in [5.74, 6) is -0.0690. The minimum atomic E-state index is -0.455. The molecular weight excluding hydrogens is 168 g/mol. The van der Waals surface area contributed by atoms with E-state index in [-0.39, 0.29) is 0 Å². The van der Waals surface area contributed by atoms with Gasteiger partial charge in [-0.15, -0.1) is 0 Å². The summed E-state index contributed by atoms with van der Waals surface area (Å²) in [5, 5.41) is 0. The van der Waals surface area contributed by atoms with Gasteiger partial charge in [-0.1, -0.05) is 13.8 Å². The van der Waals surface area contributed by atoms with Crippen LogP contribution >= 0.6 is 0 Å². The van der Waals surface area contributed by atoms with Crippen LogP contribution in [0, 0.1) is 0 Å². The third-order valence-electron chi connectivity index (χ3n) is 1.96. The Morgan fingerprint density at radius 2 is 2.31 bits per heavy atom. The SMILES string of the molecule is CC(C)c1cnc2[nH]c(=O)oc2c1. The van der Waals surface area contributed by atoms with Crippen molar-refractivity contribution in [1.29, 1.82) is 0 Å². The molecule has 2 heterocycles. The summed E-state index contributed by atoms with van der Waals surface area (Å²) in [6.07, 6.45) is 1.75. The van der Waals surface area contributed by atoms with Crippen molar-refractivity contribution in [2.75, 3.05) is 0 Å². The molecule has 0 saturated carbocycles. The first kappa shape index (κ1) is 8.04. The smallest absolute Gasteiger partial charge is 0.406 e. The first-order valence-electron chi connectivity index (χ1n) is 4.15. The van der Waals surface area contributed by atoms with Crippen molar-refractivity contribution in [3.63, 3.8) is 0 Å². The molecule has 13 heavy (non-hydrogen) atoms. The van der Waals surface area contributed by atoms with Crippen molar-refractivity contribution >= 4 is 11.2 Å². The predicted octanol–water partition coefficient (Wildman–Crippen LogP) is 1.64. The minimum Gasteiger partial charge on any atom is -0.406 e. The molecule has 0 amide bonds. The molecule has 0 atom stereocenters. The van der Waals surface area contributed by atoms with E-state index in [4.69, 9.17) is 4.42 Å². The van der Waals surface area contributed by atoms with Gasteiger partial charge in [-0.25, -0.2) is 9.78 Å². The summed E-state index contributed by atoms with van der Waals surface area (Å²) < 4.78 is 4.89. The Bertz CT molecular complexity index is 482. The van der Waals surface area contributed by atoms with Gasteiger partial charge in [-0.2, -0.15) is 0 Å². The van der Waals surface area contributed by atoms with Gasteiger partial charge in [0.1, 0.15) is 0 Å². The van der Waals surface area contributed by atoms with Crippen LogP contribution in [-0.2, 0) is 0 Å². The van der Waals surface area contributed by atoms with Gasteiger partial charge in [-0.3, -0.25) is 4.98 Å². The van der Waals surface area contributed by atoms with Gasteiger partial charge in [0.05, 0.1) is 0 Å². The number of aromatic nitrogens is 2. The Hall–Kier alpha value is -1.58. The number of oxazole rings is 1. The minimum absolute atomic E-state index is 0.386. The quantitative estimate of drug-likeness (QED) is 0.722. The molecule has 4 heteroatoms. The third-order valence-corrected chi connectivity index (χ3v) is 1.96. The highest BCUT2D eigenvalue weighted by Crippen LogP contribution is 2.16. The van der Waals surface area contributed by atoms with Crippen LogP contribution in [0.3, 0.4) is 0 Å². The maximum absolute atomic E-state index is 10.8. The summed E-state index contributed by atoms with van der Waals surface area (Å²) >= 11 is 0. The Labute approximate surface area is 74.6 Å². The fourth-order valence-electron chi connectivity index (χ4n) is 1.17. The van der Waals surface area contributed by atoms with Crippen LogP contribution < -0.4 is 5.76 Å². The number of hydrogen-bond acceptors (Lipinski definition) is 3. The molecular formula is C9H10N2O2. The second kappa shape index (κ2) is 2.73. The van der Waals surface area contributed by atoms with Crippen LogP contribution in [0.25, 0.3) is 11.2 Å². The van der Waals surface area contributed by atoms with Crippen LogP contribution in [0.15, 0.2) is 21.5 Å². The van der Waals surface area contributed by atoms with Crippen LogP contribution in [0.4, 0.5) is 0 Å². The van der Waals surface area contributed by atoms with Gasteiger partial charge in [-0.05, 0) is 17.5 Å². The van der Waals surface area contributed by atoms with Gasteiger partial charge >= 0.3 is 5.76 Å². The molecule has 0 radical (unpaired) electrons. The zero-order valence-corrected chi connectivity index (χ0v) is 7.50. The Balaban J connectivity index is 2.68. The first-order chi connectivity index (χ1) is 6.16. The third kappa shape index (κ3) is 1.35. The lowest BCUT2D eigenvalue weighted by molar-refractivity contribution is 0.554. The first-order valence-corrected chi connectivity index (χ1v) is 4.15.